The van der Waals surface area contributed by atoms with Gasteiger partial charge in [0.25, 0.3) is 0 Å². The Morgan fingerprint density at radius 1 is 1.29 bits per heavy atom. The molecule has 17 heavy (non-hydrogen) atoms. The van der Waals surface area contributed by atoms with E-state index in [0.717, 1.165) is 29.7 Å². The second-order valence-corrected chi connectivity index (χ2v) is 3.93. The summed E-state index contributed by atoms with van der Waals surface area (Å²) >= 11 is 0. The van der Waals surface area contributed by atoms with Crippen molar-refractivity contribution in [2.75, 3.05) is 18.0 Å². The molecular weight excluding hydrogens is 216 g/mol. The summed E-state index contributed by atoms with van der Waals surface area (Å²) in [6, 6.07) is 7.62. The Morgan fingerprint density at radius 3 is 2.59 bits per heavy atom. The molecule has 0 saturated carbocycles. The number of carboxylic acid groups (broad SMARTS) is 1. The van der Waals surface area contributed by atoms with Crippen molar-refractivity contribution in [2.24, 2.45) is 0 Å². The van der Waals surface area contributed by atoms with Gasteiger partial charge in [-0.05, 0) is 32.0 Å². The zero-order valence-electron chi connectivity index (χ0n) is 10.0. The van der Waals surface area contributed by atoms with Crippen LogP contribution in [0.3, 0.4) is 0 Å². The van der Waals surface area contributed by atoms with E-state index in [1.807, 2.05) is 18.2 Å². The van der Waals surface area contributed by atoms with Crippen molar-refractivity contribution in [1.29, 1.82) is 0 Å². The third kappa shape index (κ3) is 2.11. The van der Waals surface area contributed by atoms with Gasteiger partial charge in [-0.25, -0.2) is 4.79 Å². The number of hydrogen-bond donors (Lipinski definition) is 2. The number of aromatic nitrogens is 1. The van der Waals surface area contributed by atoms with Crippen LogP contribution in [0.1, 0.15) is 24.3 Å². The lowest BCUT2D eigenvalue weighted by Crippen LogP contribution is -2.21. The molecule has 0 unspecified atom stereocenters. The average molecular weight is 232 g/mol. The van der Waals surface area contributed by atoms with Gasteiger partial charge in [-0.1, -0.05) is 6.07 Å². The lowest BCUT2D eigenvalue weighted by Gasteiger charge is -2.20. The largest absolute Gasteiger partial charge is 0.477 e. The lowest BCUT2D eigenvalue weighted by atomic mass is 10.2. The van der Waals surface area contributed by atoms with Gasteiger partial charge in [0.2, 0.25) is 0 Å². The van der Waals surface area contributed by atoms with Gasteiger partial charge in [-0.3, -0.25) is 0 Å². The highest BCUT2D eigenvalue weighted by molar-refractivity contribution is 5.94. The first-order valence-electron chi connectivity index (χ1n) is 5.76. The van der Waals surface area contributed by atoms with Crippen molar-refractivity contribution in [3.63, 3.8) is 0 Å². The quantitative estimate of drug-likeness (QED) is 0.852. The summed E-state index contributed by atoms with van der Waals surface area (Å²) in [5, 5.41) is 9.84. The molecule has 0 fully saturated rings. The summed E-state index contributed by atoms with van der Waals surface area (Å²) in [5.74, 6) is -0.925. The SMILES string of the molecule is CCN(CC)c1ccc2cc(C(=O)O)[nH]c2c1. The summed E-state index contributed by atoms with van der Waals surface area (Å²) in [4.78, 5) is 16.0. The molecule has 1 aromatic heterocycles. The molecule has 2 N–H and O–H groups in total. The van der Waals surface area contributed by atoms with Gasteiger partial charge < -0.3 is 15.0 Å². The van der Waals surface area contributed by atoms with Crippen LogP contribution >= 0.6 is 0 Å². The molecule has 0 aliphatic heterocycles. The van der Waals surface area contributed by atoms with E-state index >= 15 is 0 Å². The molecule has 2 rings (SSSR count). The Kier molecular flexibility index (Phi) is 3.04. The van der Waals surface area contributed by atoms with Crippen molar-refractivity contribution < 1.29 is 9.90 Å². The number of carboxylic acids is 1. The molecule has 0 aliphatic rings. The van der Waals surface area contributed by atoms with Gasteiger partial charge in [0.1, 0.15) is 5.69 Å². The van der Waals surface area contributed by atoms with Crippen LogP contribution in [0.15, 0.2) is 24.3 Å². The number of H-pyrrole nitrogens is 1. The second-order valence-electron chi connectivity index (χ2n) is 3.93. The molecule has 0 radical (unpaired) electrons. The Labute approximate surface area is 99.9 Å². The Bertz CT molecular complexity index is 541. The van der Waals surface area contributed by atoms with Crippen LogP contribution < -0.4 is 4.90 Å². The van der Waals surface area contributed by atoms with Crippen LogP contribution in [0.25, 0.3) is 10.9 Å². The Hall–Kier alpha value is -1.97. The van der Waals surface area contributed by atoms with E-state index in [9.17, 15) is 4.79 Å². The molecule has 0 spiro atoms. The van der Waals surface area contributed by atoms with Crippen molar-refractivity contribution in [3.05, 3.63) is 30.0 Å². The topological polar surface area (TPSA) is 56.3 Å². The predicted molar refractivity (Wildman–Crippen MR) is 68.8 cm³/mol. The highest BCUT2D eigenvalue weighted by atomic mass is 16.4. The van der Waals surface area contributed by atoms with E-state index in [0.29, 0.717) is 0 Å². The van der Waals surface area contributed by atoms with Crippen molar-refractivity contribution in [1.82, 2.24) is 4.98 Å². The van der Waals surface area contributed by atoms with Crippen LogP contribution in [0, 0.1) is 0 Å². The summed E-state index contributed by atoms with van der Waals surface area (Å²) in [6.07, 6.45) is 0. The first-order chi connectivity index (χ1) is 8.15. The van der Waals surface area contributed by atoms with Crippen LogP contribution in [-0.2, 0) is 0 Å². The summed E-state index contributed by atoms with van der Waals surface area (Å²) < 4.78 is 0. The van der Waals surface area contributed by atoms with Gasteiger partial charge in [-0.2, -0.15) is 0 Å². The standard InChI is InChI=1S/C13H16N2O2/c1-3-15(4-2)10-6-5-9-7-12(13(16)17)14-11(9)8-10/h5-8,14H,3-4H2,1-2H3,(H,16,17). The smallest absolute Gasteiger partial charge is 0.352 e. The third-order valence-electron chi connectivity index (χ3n) is 2.97. The summed E-state index contributed by atoms with van der Waals surface area (Å²) in [7, 11) is 0. The van der Waals surface area contributed by atoms with Crippen molar-refractivity contribution in [2.45, 2.75) is 13.8 Å². The number of rotatable bonds is 4. The van der Waals surface area contributed by atoms with E-state index < -0.39 is 5.97 Å². The number of hydrogen-bond acceptors (Lipinski definition) is 2. The third-order valence-corrected chi connectivity index (χ3v) is 2.97. The molecule has 1 heterocycles. The first kappa shape index (κ1) is 11.5. The van der Waals surface area contributed by atoms with E-state index in [4.69, 9.17) is 5.11 Å². The fraction of sp³-hybridized carbons (Fsp3) is 0.308. The van der Waals surface area contributed by atoms with Crippen molar-refractivity contribution in [3.8, 4) is 0 Å². The van der Waals surface area contributed by atoms with Crippen LogP contribution in [0.4, 0.5) is 5.69 Å². The average Bonchev–Trinajstić information content (AvgIpc) is 2.74. The maximum absolute atomic E-state index is 10.9. The number of carbonyl (C=O) groups is 1. The summed E-state index contributed by atoms with van der Waals surface area (Å²) in [5.41, 5.74) is 2.21. The second kappa shape index (κ2) is 4.49. The molecule has 0 amide bonds. The van der Waals surface area contributed by atoms with Crippen molar-refractivity contribution >= 4 is 22.6 Å². The fourth-order valence-corrected chi connectivity index (χ4v) is 2.02. The molecule has 2 aromatic rings. The lowest BCUT2D eigenvalue weighted by molar-refractivity contribution is 0.0691. The zero-order valence-corrected chi connectivity index (χ0v) is 10.0. The first-order valence-corrected chi connectivity index (χ1v) is 5.76. The predicted octanol–water partition coefficient (Wildman–Crippen LogP) is 2.71. The molecule has 90 valence electrons. The highest BCUT2D eigenvalue weighted by Crippen LogP contribution is 2.22. The minimum atomic E-state index is -0.925. The number of aromatic carboxylic acids is 1. The number of anilines is 1. The van der Waals surface area contributed by atoms with E-state index in [-0.39, 0.29) is 5.69 Å². The number of benzene rings is 1. The monoisotopic (exact) mass is 232 g/mol. The Balaban J connectivity index is 2.46. The number of aromatic amines is 1. The number of fused-ring (bicyclic) bond motifs is 1. The molecule has 4 nitrogen and oxygen atoms in total. The van der Waals surface area contributed by atoms with E-state index in [2.05, 4.69) is 23.7 Å². The van der Waals surface area contributed by atoms with Crippen LogP contribution in [0.5, 0.6) is 0 Å². The molecular formula is C13H16N2O2. The normalized spacial score (nSPS) is 10.7. The maximum Gasteiger partial charge on any atom is 0.352 e. The Morgan fingerprint density at radius 2 is 2.00 bits per heavy atom. The number of nitrogens with one attached hydrogen (secondary N) is 1. The molecule has 4 heteroatoms. The fourth-order valence-electron chi connectivity index (χ4n) is 2.02. The van der Waals surface area contributed by atoms with E-state index in [1.54, 1.807) is 6.07 Å². The summed E-state index contributed by atoms with van der Waals surface area (Å²) in [6.45, 7) is 6.08. The molecule has 0 aliphatic carbocycles. The van der Waals surface area contributed by atoms with Crippen LogP contribution in [0.2, 0.25) is 0 Å². The van der Waals surface area contributed by atoms with Gasteiger partial charge in [0.05, 0.1) is 0 Å². The minimum absolute atomic E-state index is 0.233. The minimum Gasteiger partial charge on any atom is -0.477 e. The molecule has 1 aromatic carbocycles. The molecule has 0 atom stereocenters. The van der Waals surface area contributed by atoms with Gasteiger partial charge in [0, 0.05) is 29.7 Å². The van der Waals surface area contributed by atoms with Gasteiger partial charge >= 0.3 is 5.97 Å². The molecule has 0 saturated heterocycles. The molecule has 0 bridgehead atoms. The highest BCUT2D eigenvalue weighted by Gasteiger charge is 2.09. The van der Waals surface area contributed by atoms with Gasteiger partial charge in [-0.15, -0.1) is 0 Å². The number of nitrogens with zero attached hydrogens (tertiary/aromatic N) is 1. The zero-order chi connectivity index (χ0) is 12.4. The van der Waals surface area contributed by atoms with E-state index in [1.165, 1.54) is 0 Å². The van der Waals surface area contributed by atoms with Gasteiger partial charge in [0.15, 0.2) is 0 Å². The van der Waals surface area contributed by atoms with Crippen LogP contribution in [-0.4, -0.2) is 29.1 Å². The maximum atomic E-state index is 10.9.